The average molecular weight is 273 g/mol. The molecule has 5 heteroatoms. The number of benzene rings is 1. The van der Waals surface area contributed by atoms with Crippen LogP contribution in [0.2, 0.25) is 5.02 Å². The number of thioether (sulfide) groups is 1. The van der Waals surface area contributed by atoms with Crippen LogP contribution in [0, 0.1) is 0 Å². The summed E-state index contributed by atoms with van der Waals surface area (Å²) in [5.74, 6) is 0.990. The Morgan fingerprint density at radius 3 is 2.82 bits per heavy atom. The molecule has 0 aliphatic carbocycles. The van der Waals surface area contributed by atoms with Crippen LogP contribution in [0.25, 0.3) is 0 Å². The summed E-state index contributed by atoms with van der Waals surface area (Å²) in [6.07, 6.45) is 3.04. The number of anilines is 1. The van der Waals surface area contributed by atoms with E-state index in [9.17, 15) is 4.79 Å². The lowest BCUT2D eigenvalue weighted by Crippen LogP contribution is -2.28. The summed E-state index contributed by atoms with van der Waals surface area (Å²) in [7, 11) is 1.79. The number of nitrogen functional groups attached to an aromatic ring is 1. The summed E-state index contributed by atoms with van der Waals surface area (Å²) in [5.41, 5.74) is 6.66. The third kappa shape index (κ3) is 4.13. The van der Waals surface area contributed by atoms with Crippen molar-refractivity contribution in [2.24, 2.45) is 0 Å². The highest BCUT2D eigenvalue weighted by molar-refractivity contribution is 7.98. The highest BCUT2D eigenvalue weighted by atomic mass is 35.5. The SMILES string of the molecule is CSCCCN(C)C(=O)c1ccc(N)cc1Cl. The van der Waals surface area contributed by atoms with Crippen molar-refractivity contribution in [3.63, 3.8) is 0 Å². The molecule has 0 saturated carbocycles. The van der Waals surface area contributed by atoms with E-state index in [2.05, 4.69) is 6.26 Å². The molecule has 17 heavy (non-hydrogen) atoms. The maximum absolute atomic E-state index is 12.1. The fourth-order valence-electron chi connectivity index (χ4n) is 1.46. The van der Waals surface area contributed by atoms with Crippen molar-refractivity contribution in [3.05, 3.63) is 28.8 Å². The molecule has 0 unspecified atom stereocenters. The first kappa shape index (κ1) is 14.2. The predicted octanol–water partition coefficient (Wildman–Crippen LogP) is 2.75. The molecule has 0 aliphatic heterocycles. The van der Waals surface area contributed by atoms with Gasteiger partial charge < -0.3 is 10.6 Å². The van der Waals surface area contributed by atoms with Crippen LogP contribution in [0.4, 0.5) is 5.69 Å². The fraction of sp³-hybridized carbons (Fsp3) is 0.417. The van der Waals surface area contributed by atoms with E-state index < -0.39 is 0 Å². The molecular formula is C12H17ClN2OS. The third-order valence-electron chi connectivity index (χ3n) is 2.41. The molecule has 0 atom stereocenters. The Balaban J connectivity index is 2.68. The van der Waals surface area contributed by atoms with Crippen LogP contribution in [0.15, 0.2) is 18.2 Å². The third-order valence-corrected chi connectivity index (χ3v) is 3.42. The second-order valence-electron chi connectivity index (χ2n) is 3.81. The van der Waals surface area contributed by atoms with Crippen molar-refractivity contribution < 1.29 is 4.79 Å². The van der Waals surface area contributed by atoms with E-state index in [-0.39, 0.29) is 5.91 Å². The molecule has 0 heterocycles. The lowest BCUT2D eigenvalue weighted by molar-refractivity contribution is 0.0796. The first-order valence-corrected chi connectivity index (χ1v) is 7.13. The van der Waals surface area contributed by atoms with Gasteiger partial charge in [-0.25, -0.2) is 0 Å². The van der Waals surface area contributed by atoms with Crippen LogP contribution in [0.3, 0.4) is 0 Å². The van der Waals surface area contributed by atoms with Gasteiger partial charge in [-0.2, -0.15) is 11.8 Å². The largest absolute Gasteiger partial charge is 0.399 e. The lowest BCUT2D eigenvalue weighted by atomic mass is 10.2. The Morgan fingerprint density at radius 1 is 1.53 bits per heavy atom. The highest BCUT2D eigenvalue weighted by Crippen LogP contribution is 2.20. The summed E-state index contributed by atoms with van der Waals surface area (Å²) in [5, 5.41) is 0.409. The standard InChI is InChI=1S/C12H17ClN2OS/c1-15(6-3-7-17-2)12(16)10-5-4-9(14)8-11(10)13/h4-5,8H,3,6-7,14H2,1-2H3. The van der Waals surface area contributed by atoms with Gasteiger partial charge >= 0.3 is 0 Å². The number of rotatable bonds is 5. The minimum absolute atomic E-state index is 0.0592. The Morgan fingerprint density at radius 2 is 2.24 bits per heavy atom. The first-order chi connectivity index (χ1) is 8.06. The van der Waals surface area contributed by atoms with Gasteiger partial charge in [0.2, 0.25) is 0 Å². The van der Waals surface area contributed by atoms with Crippen LogP contribution in [0.5, 0.6) is 0 Å². The van der Waals surface area contributed by atoms with Gasteiger partial charge in [-0.3, -0.25) is 4.79 Å². The van der Waals surface area contributed by atoms with Crippen molar-refractivity contribution >= 4 is 35.0 Å². The summed E-state index contributed by atoms with van der Waals surface area (Å²) in [6.45, 7) is 0.736. The number of hydrogen-bond donors (Lipinski definition) is 1. The monoisotopic (exact) mass is 272 g/mol. The quantitative estimate of drug-likeness (QED) is 0.662. The average Bonchev–Trinajstić information content (AvgIpc) is 2.28. The van der Waals surface area contributed by atoms with Crippen molar-refractivity contribution in [2.45, 2.75) is 6.42 Å². The van der Waals surface area contributed by atoms with E-state index in [1.165, 1.54) is 0 Å². The van der Waals surface area contributed by atoms with Gasteiger partial charge in [0.1, 0.15) is 0 Å². The number of hydrogen-bond acceptors (Lipinski definition) is 3. The normalized spacial score (nSPS) is 10.3. The van der Waals surface area contributed by atoms with Gasteiger partial charge in [-0.1, -0.05) is 11.6 Å². The second-order valence-corrected chi connectivity index (χ2v) is 5.21. The van der Waals surface area contributed by atoms with E-state index in [1.54, 1.807) is 41.9 Å². The van der Waals surface area contributed by atoms with Gasteiger partial charge in [0.25, 0.3) is 5.91 Å². The molecule has 0 bridgehead atoms. The maximum atomic E-state index is 12.1. The summed E-state index contributed by atoms with van der Waals surface area (Å²) in [6, 6.07) is 4.96. The molecule has 1 aromatic rings. The van der Waals surface area contributed by atoms with Crippen LogP contribution < -0.4 is 5.73 Å². The molecule has 2 N–H and O–H groups in total. The second kappa shape index (κ2) is 6.77. The van der Waals surface area contributed by atoms with Crippen LogP contribution in [-0.2, 0) is 0 Å². The van der Waals surface area contributed by atoms with Crippen molar-refractivity contribution in [3.8, 4) is 0 Å². The zero-order chi connectivity index (χ0) is 12.8. The Labute approximate surface area is 111 Å². The van der Waals surface area contributed by atoms with Gasteiger partial charge in [0.05, 0.1) is 10.6 Å². The van der Waals surface area contributed by atoms with Gasteiger partial charge in [-0.05, 0) is 36.6 Å². The lowest BCUT2D eigenvalue weighted by Gasteiger charge is -2.17. The molecule has 1 rings (SSSR count). The van der Waals surface area contributed by atoms with Crippen LogP contribution >= 0.6 is 23.4 Å². The van der Waals surface area contributed by atoms with E-state index in [0.717, 1.165) is 18.7 Å². The Kier molecular flexibility index (Phi) is 5.65. The Hall–Kier alpha value is -0.870. The molecule has 1 aromatic carbocycles. The van der Waals surface area contributed by atoms with Crippen molar-refractivity contribution in [2.75, 3.05) is 31.3 Å². The molecule has 0 spiro atoms. The number of nitrogens with zero attached hydrogens (tertiary/aromatic N) is 1. The van der Waals surface area contributed by atoms with Gasteiger partial charge in [0, 0.05) is 19.3 Å². The molecule has 94 valence electrons. The predicted molar refractivity (Wildman–Crippen MR) is 75.8 cm³/mol. The van der Waals surface area contributed by atoms with Gasteiger partial charge in [0.15, 0.2) is 0 Å². The number of carbonyl (C=O) groups excluding carboxylic acids is 1. The topological polar surface area (TPSA) is 46.3 Å². The first-order valence-electron chi connectivity index (χ1n) is 5.35. The van der Waals surface area contributed by atoms with E-state index in [0.29, 0.717) is 16.3 Å². The zero-order valence-electron chi connectivity index (χ0n) is 10.1. The molecular weight excluding hydrogens is 256 g/mol. The van der Waals surface area contributed by atoms with Crippen molar-refractivity contribution in [1.82, 2.24) is 4.90 Å². The van der Waals surface area contributed by atoms with E-state index >= 15 is 0 Å². The van der Waals surface area contributed by atoms with Gasteiger partial charge in [-0.15, -0.1) is 0 Å². The molecule has 0 radical (unpaired) electrons. The minimum Gasteiger partial charge on any atom is -0.399 e. The molecule has 0 saturated heterocycles. The summed E-state index contributed by atoms with van der Waals surface area (Å²) >= 11 is 7.77. The molecule has 3 nitrogen and oxygen atoms in total. The molecule has 0 aromatic heterocycles. The molecule has 1 amide bonds. The zero-order valence-corrected chi connectivity index (χ0v) is 11.6. The molecule has 0 fully saturated rings. The van der Waals surface area contributed by atoms with Crippen LogP contribution in [-0.4, -0.2) is 36.4 Å². The number of amides is 1. The fourth-order valence-corrected chi connectivity index (χ4v) is 2.15. The maximum Gasteiger partial charge on any atom is 0.255 e. The number of carbonyl (C=O) groups is 1. The number of nitrogens with two attached hydrogens (primary N) is 1. The smallest absolute Gasteiger partial charge is 0.255 e. The molecule has 0 aliphatic rings. The van der Waals surface area contributed by atoms with Crippen molar-refractivity contribution in [1.29, 1.82) is 0 Å². The number of halogens is 1. The van der Waals surface area contributed by atoms with E-state index in [1.807, 2.05) is 0 Å². The van der Waals surface area contributed by atoms with Crippen LogP contribution in [0.1, 0.15) is 16.8 Å². The Bertz CT molecular complexity index is 398. The summed E-state index contributed by atoms with van der Waals surface area (Å²) < 4.78 is 0. The van der Waals surface area contributed by atoms with E-state index in [4.69, 9.17) is 17.3 Å². The summed E-state index contributed by atoms with van der Waals surface area (Å²) in [4.78, 5) is 13.8. The highest BCUT2D eigenvalue weighted by Gasteiger charge is 2.14. The minimum atomic E-state index is -0.0592.